The molecule has 0 amide bonds. The Morgan fingerprint density at radius 3 is 2.26 bits per heavy atom. The molecule has 227 valence electrons. The third-order valence-corrected chi connectivity index (χ3v) is 8.66. The smallest absolute Gasteiger partial charge is 0.0774 e. The van der Waals surface area contributed by atoms with Crippen molar-refractivity contribution in [1.29, 1.82) is 0 Å². The standard InChI is InChI=1S/C30H23N2S.C11H8N.Ir/c1-2-8-21-13-18-29-25(19-21)26(20-33-29)30-31-27-11-6-7-12-28(27)32(30)24-16-14-23(15-17-24)22-9-4-3-5-10-22;1-2-6-10(7-3-1)11-8-4-5-9-12-11;/h3-7,9-19H,2,8H2,1H3;1-6,8-9H;/q2*-1;. The molecule has 5 heteroatoms. The van der Waals surface area contributed by atoms with Crippen molar-refractivity contribution in [2.75, 3.05) is 0 Å². The van der Waals surface area contributed by atoms with Gasteiger partial charge in [0.25, 0.3) is 0 Å². The van der Waals surface area contributed by atoms with E-state index in [2.05, 4.69) is 125 Å². The topological polar surface area (TPSA) is 30.7 Å². The number of aryl methyl sites for hydroxylation is 1. The van der Waals surface area contributed by atoms with Crippen molar-refractivity contribution in [3.8, 4) is 39.5 Å². The fraction of sp³-hybridized carbons (Fsp3) is 0.0732. The van der Waals surface area contributed by atoms with Crippen molar-refractivity contribution >= 4 is 32.5 Å². The van der Waals surface area contributed by atoms with E-state index in [-0.39, 0.29) is 20.1 Å². The monoisotopic (exact) mass is 790 g/mol. The van der Waals surface area contributed by atoms with Crippen molar-refractivity contribution in [3.63, 3.8) is 0 Å². The summed E-state index contributed by atoms with van der Waals surface area (Å²) in [6.07, 6.45) is 4.01. The van der Waals surface area contributed by atoms with Crippen LogP contribution >= 0.6 is 11.3 Å². The molecule has 0 saturated heterocycles. The molecule has 0 aliphatic heterocycles. The van der Waals surface area contributed by atoms with Gasteiger partial charge in [-0.15, -0.1) is 47.3 Å². The molecule has 8 rings (SSSR count). The first-order valence-corrected chi connectivity index (χ1v) is 16.0. The Morgan fingerprint density at radius 2 is 1.50 bits per heavy atom. The summed E-state index contributed by atoms with van der Waals surface area (Å²) >= 11 is 1.67. The quantitative estimate of drug-likeness (QED) is 0.157. The molecule has 0 saturated carbocycles. The molecule has 0 spiro atoms. The molecule has 3 aromatic heterocycles. The minimum atomic E-state index is 0. The van der Waals surface area contributed by atoms with Gasteiger partial charge in [-0.1, -0.05) is 113 Å². The van der Waals surface area contributed by atoms with Crippen molar-refractivity contribution in [3.05, 3.63) is 163 Å². The number of hydrogen-bond donors (Lipinski definition) is 0. The first-order valence-electron chi connectivity index (χ1n) is 15.2. The summed E-state index contributed by atoms with van der Waals surface area (Å²) in [5.41, 5.74) is 10.1. The van der Waals surface area contributed by atoms with Gasteiger partial charge < -0.3 is 9.55 Å². The van der Waals surface area contributed by atoms with Gasteiger partial charge in [-0.05, 0) is 53.6 Å². The van der Waals surface area contributed by atoms with Crippen molar-refractivity contribution in [2.45, 2.75) is 19.8 Å². The van der Waals surface area contributed by atoms with Crippen LogP contribution in [0.25, 0.3) is 60.6 Å². The molecule has 1 radical (unpaired) electrons. The van der Waals surface area contributed by atoms with Crippen LogP contribution in [-0.4, -0.2) is 14.5 Å². The number of hydrogen-bond acceptors (Lipinski definition) is 3. The Balaban J connectivity index is 0.000000241. The predicted molar refractivity (Wildman–Crippen MR) is 189 cm³/mol. The number of aromatic nitrogens is 3. The van der Waals surface area contributed by atoms with Crippen molar-refractivity contribution < 1.29 is 20.1 Å². The van der Waals surface area contributed by atoms with Gasteiger partial charge in [-0.3, -0.25) is 16.3 Å². The van der Waals surface area contributed by atoms with Crippen LogP contribution in [0, 0.1) is 11.4 Å². The number of para-hydroxylation sites is 2. The molecule has 3 nitrogen and oxygen atoms in total. The maximum atomic E-state index is 5.08. The third-order valence-electron chi connectivity index (χ3n) is 7.78. The number of imidazole rings is 1. The molecule has 0 aliphatic carbocycles. The average molecular weight is 790 g/mol. The fourth-order valence-corrected chi connectivity index (χ4v) is 6.42. The summed E-state index contributed by atoms with van der Waals surface area (Å²) in [7, 11) is 0. The third kappa shape index (κ3) is 6.63. The van der Waals surface area contributed by atoms with Gasteiger partial charge in [-0.2, -0.15) is 0 Å². The number of nitrogens with zero attached hydrogens (tertiary/aromatic N) is 3. The van der Waals surface area contributed by atoms with E-state index in [0.29, 0.717) is 0 Å². The van der Waals surface area contributed by atoms with E-state index in [1.807, 2.05) is 42.5 Å². The van der Waals surface area contributed by atoms with Crippen molar-refractivity contribution in [2.24, 2.45) is 0 Å². The molecule has 8 aromatic rings. The van der Waals surface area contributed by atoms with Crippen LogP contribution in [0.4, 0.5) is 0 Å². The Kier molecular flexibility index (Phi) is 9.95. The van der Waals surface area contributed by atoms with Crippen molar-refractivity contribution in [1.82, 2.24) is 14.5 Å². The zero-order valence-electron chi connectivity index (χ0n) is 25.4. The molecular formula is C41H31IrN3S-2. The molecule has 0 atom stereocenters. The second-order valence-electron chi connectivity index (χ2n) is 10.8. The molecule has 0 bridgehead atoms. The fourth-order valence-electron chi connectivity index (χ4n) is 5.60. The van der Waals surface area contributed by atoms with Crippen LogP contribution in [0.15, 0.2) is 146 Å². The zero-order chi connectivity index (χ0) is 30.4. The minimum Gasteiger partial charge on any atom is -0.333 e. The van der Waals surface area contributed by atoms with Crippen LogP contribution in [0.1, 0.15) is 18.9 Å². The Bertz CT molecular complexity index is 2120. The molecule has 0 fully saturated rings. The molecule has 0 N–H and O–H groups in total. The summed E-state index contributed by atoms with van der Waals surface area (Å²) in [5.74, 6) is 0.948. The van der Waals surface area contributed by atoms with Crippen LogP contribution in [0.2, 0.25) is 0 Å². The van der Waals surface area contributed by atoms with Gasteiger partial charge >= 0.3 is 0 Å². The van der Waals surface area contributed by atoms with E-state index in [0.717, 1.165) is 52.2 Å². The van der Waals surface area contributed by atoms with Crippen LogP contribution in [-0.2, 0) is 26.5 Å². The first kappa shape index (κ1) is 31.3. The van der Waals surface area contributed by atoms with E-state index in [1.54, 1.807) is 17.5 Å². The van der Waals surface area contributed by atoms with Crippen LogP contribution in [0.3, 0.4) is 0 Å². The number of fused-ring (bicyclic) bond motifs is 2. The van der Waals surface area contributed by atoms with E-state index < -0.39 is 0 Å². The van der Waals surface area contributed by atoms with Crippen LogP contribution in [0.5, 0.6) is 0 Å². The maximum absolute atomic E-state index is 5.08. The number of pyridine rings is 1. The van der Waals surface area contributed by atoms with Gasteiger partial charge in [0.15, 0.2) is 0 Å². The Morgan fingerprint density at radius 1 is 0.739 bits per heavy atom. The van der Waals surface area contributed by atoms with E-state index in [4.69, 9.17) is 4.98 Å². The van der Waals surface area contributed by atoms with Gasteiger partial charge in [0, 0.05) is 32.0 Å². The first-order chi connectivity index (χ1) is 22.3. The summed E-state index contributed by atoms with van der Waals surface area (Å²) < 4.78 is 3.53. The van der Waals surface area contributed by atoms with Gasteiger partial charge in [0.05, 0.1) is 16.9 Å². The molecule has 5 aromatic carbocycles. The number of thiophene rings is 1. The molecule has 3 heterocycles. The second-order valence-corrected chi connectivity index (χ2v) is 11.7. The van der Waals surface area contributed by atoms with Gasteiger partial charge in [-0.25, -0.2) is 0 Å². The largest absolute Gasteiger partial charge is 0.333 e. The van der Waals surface area contributed by atoms with Gasteiger partial charge in [0.1, 0.15) is 0 Å². The van der Waals surface area contributed by atoms with E-state index in [1.165, 1.54) is 26.8 Å². The second kappa shape index (κ2) is 14.6. The van der Waals surface area contributed by atoms with Crippen LogP contribution < -0.4 is 0 Å². The van der Waals surface area contributed by atoms with Gasteiger partial charge in [0.2, 0.25) is 0 Å². The summed E-state index contributed by atoms with van der Waals surface area (Å²) in [4.78, 5) is 9.29. The predicted octanol–water partition coefficient (Wildman–Crippen LogP) is 10.9. The molecule has 0 aliphatic rings. The minimum absolute atomic E-state index is 0. The Hall–Kier alpha value is -4.67. The summed E-state index contributed by atoms with van der Waals surface area (Å²) in [5, 5.41) is 4.81. The normalized spacial score (nSPS) is 10.7. The Labute approximate surface area is 287 Å². The van der Waals surface area contributed by atoms with E-state index >= 15 is 0 Å². The average Bonchev–Trinajstić information content (AvgIpc) is 3.71. The number of benzene rings is 5. The molecule has 46 heavy (non-hydrogen) atoms. The van der Waals surface area contributed by atoms with E-state index in [9.17, 15) is 0 Å². The maximum Gasteiger partial charge on any atom is 0.0774 e. The summed E-state index contributed by atoms with van der Waals surface area (Å²) in [6, 6.07) is 51.2. The zero-order valence-corrected chi connectivity index (χ0v) is 28.6. The molecular weight excluding hydrogens is 759 g/mol. The molecule has 0 unspecified atom stereocenters. The summed E-state index contributed by atoms with van der Waals surface area (Å²) in [6.45, 7) is 2.23. The SMILES string of the molecule is CCCc1ccc2s[c-]c(-c3nc4ccccc4n3-c3ccc(-c4ccccc4)cc3)c2c1.[Ir].[c-]1ccccc1-c1ccccn1. The number of rotatable bonds is 6.